The summed E-state index contributed by atoms with van der Waals surface area (Å²) in [4.78, 5) is 13.2. The van der Waals surface area contributed by atoms with E-state index in [1.807, 2.05) is 0 Å². The zero-order valence-corrected chi connectivity index (χ0v) is 13.9. The van der Waals surface area contributed by atoms with E-state index in [0.29, 0.717) is 0 Å². The molecule has 0 amide bonds. The number of anilines is 1. The fourth-order valence-electron chi connectivity index (χ4n) is 3.02. The minimum Gasteiger partial charge on any atom is -0.387 e. The first kappa shape index (κ1) is 15.2. The summed E-state index contributed by atoms with van der Waals surface area (Å²) < 4.78 is 0. The van der Waals surface area contributed by atoms with Gasteiger partial charge in [-0.15, -0.1) is 11.3 Å². The van der Waals surface area contributed by atoms with Gasteiger partial charge in [0, 0.05) is 44.1 Å². The molecular formula is C15H26N4OS. The molecule has 2 heterocycles. The van der Waals surface area contributed by atoms with Crippen LogP contribution in [0.25, 0.3) is 0 Å². The highest BCUT2D eigenvalue weighted by atomic mass is 32.1. The van der Waals surface area contributed by atoms with Crippen LogP contribution in [-0.2, 0) is 6.42 Å². The van der Waals surface area contributed by atoms with Gasteiger partial charge < -0.3 is 14.9 Å². The highest BCUT2D eigenvalue weighted by molar-refractivity contribution is 7.15. The van der Waals surface area contributed by atoms with Crippen molar-refractivity contribution in [2.75, 3.05) is 58.3 Å². The number of hydrogen-bond donors (Lipinski definition) is 1. The monoisotopic (exact) mass is 310 g/mol. The first-order valence-corrected chi connectivity index (χ1v) is 8.75. The number of aliphatic hydroxyl groups is 1. The van der Waals surface area contributed by atoms with Crippen molar-refractivity contribution in [2.45, 2.75) is 25.4 Å². The van der Waals surface area contributed by atoms with Crippen LogP contribution in [0.4, 0.5) is 5.13 Å². The van der Waals surface area contributed by atoms with Crippen LogP contribution in [0.1, 0.15) is 29.5 Å². The van der Waals surface area contributed by atoms with Crippen molar-refractivity contribution in [3.8, 4) is 0 Å². The molecule has 3 rings (SSSR count). The molecule has 5 nitrogen and oxygen atoms in total. The average Bonchev–Trinajstić information content (AvgIpc) is 2.91. The van der Waals surface area contributed by atoms with Crippen molar-refractivity contribution >= 4 is 16.5 Å². The van der Waals surface area contributed by atoms with Crippen molar-refractivity contribution in [1.82, 2.24) is 14.8 Å². The van der Waals surface area contributed by atoms with Gasteiger partial charge in [-0.1, -0.05) is 0 Å². The molecule has 1 aromatic heterocycles. The van der Waals surface area contributed by atoms with E-state index in [1.165, 1.54) is 4.88 Å². The maximum absolute atomic E-state index is 10.0. The number of piperazine rings is 1. The number of fused-ring (bicyclic) bond motifs is 1. The van der Waals surface area contributed by atoms with Crippen molar-refractivity contribution < 1.29 is 5.11 Å². The fourth-order valence-corrected chi connectivity index (χ4v) is 4.23. The van der Waals surface area contributed by atoms with Crippen molar-refractivity contribution in [3.63, 3.8) is 0 Å². The third kappa shape index (κ3) is 3.56. The second-order valence-electron chi connectivity index (χ2n) is 6.34. The van der Waals surface area contributed by atoms with Gasteiger partial charge in [-0.25, -0.2) is 4.98 Å². The number of rotatable bonds is 4. The Balaban J connectivity index is 1.57. The molecule has 0 spiro atoms. The predicted octanol–water partition coefficient (Wildman–Crippen LogP) is 1.20. The third-order valence-corrected chi connectivity index (χ3v) is 5.61. The van der Waals surface area contributed by atoms with Crippen LogP contribution >= 0.6 is 11.3 Å². The zero-order chi connectivity index (χ0) is 14.8. The van der Waals surface area contributed by atoms with Gasteiger partial charge in [0.1, 0.15) is 0 Å². The molecule has 21 heavy (non-hydrogen) atoms. The number of nitrogens with zero attached hydrogens (tertiary/aromatic N) is 4. The molecule has 1 fully saturated rings. The standard InChI is InChI=1S/C15H26N4OS/c1-17(2)6-7-18-8-10-19(11-9-18)15-16-14-12(20)4-3-5-13(14)21-15/h12,20H,3-11H2,1-2H3. The first-order chi connectivity index (χ1) is 10.1. The van der Waals surface area contributed by atoms with Gasteiger partial charge in [-0.05, 0) is 33.4 Å². The lowest BCUT2D eigenvalue weighted by atomic mass is 10.0. The molecule has 0 aromatic carbocycles. The maximum Gasteiger partial charge on any atom is 0.185 e. The molecule has 1 saturated heterocycles. The van der Waals surface area contributed by atoms with Crippen LogP contribution < -0.4 is 4.90 Å². The Kier molecular flexibility index (Phi) is 4.78. The molecule has 1 unspecified atom stereocenters. The van der Waals surface area contributed by atoms with Gasteiger partial charge in [0.2, 0.25) is 0 Å². The second-order valence-corrected chi connectivity index (χ2v) is 7.41. The van der Waals surface area contributed by atoms with Crippen molar-refractivity contribution in [3.05, 3.63) is 10.6 Å². The summed E-state index contributed by atoms with van der Waals surface area (Å²) in [6.07, 6.45) is 2.72. The van der Waals surface area contributed by atoms with Crippen LogP contribution in [0, 0.1) is 0 Å². The largest absolute Gasteiger partial charge is 0.387 e. The number of aromatic nitrogens is 1. The Labute approximate surface area is 131 Å². The van der Waals surface area contributed by atoms with Crippen LogP contribution in [-0.4, -0.2) is 73.3 Å². The van der Waals surface area contributed by atoms with Crippen LogP contribution in [0.5, 0.6) is 0 Å². The summed E-state index contributed by atoms with van der Waals surface area (Å²) in [6, 6.07) is 0. The quantitative estimate of drug-likeness (QED) is 0.905. The Morgan fingerprint density at radius 2 is 2.05 bits per heavy atom. The molecule has 0 bridgehead atoms. The molecule has 1 aliphatic carbocycles. The number of hydrogen-bond acceptors (Lipinski definition) is 6. The van der Waals surface area contributed by atoms with E-state index in [-0.39, 0.29) is 6.10 Å². The summed E-state index contributed by atoms with van der Waals surface area (Å²) in [5.74, 6) is 0. The fraction of sp³-hybridized carbons (Fsp3) is 0.800. The normalized spacial score (nSPS) is 23.6. The summed E-state index contributed by atoms with van der Waals surface area (Å²) in [7, 11) is 4.25. The molecule has 2 aliphatic rings. The first-order valence-electron chi connectivity index (χ1n) is 7.93. The summed E-state index contributed by atoms with van der Waals surface area (Å²) in [6.45, 7) is 6.60. The molecule has 1 N–H and O–H groups in total. The summed E-state index contributed by atoms with van der Waals surface area (Å²) in [5, 5.41) is 11.2. The third-order valence-electron chi connectivity index (χ3n) is 4.42. The molecular weight excluding hydrogens is 284 g/mol. The highest BCUT2D eigenvalue weighted by Crippen LogP contribution is 2.36. The SMILES string of the molecule is CN(C)CCN1CCN(c2nc3c(s2)CCCC3O)CC1. The number of likely N-dealkylation sites (N-methyl/N-ethyl adjacent to an activating group) is 1. The molecule has 6 heteroatoms. The van der Waals surface area contributed by atoms with Crippen molar-refractivity contribution in [2.24, 2.45) is 0 Å². The second kappa shape index (κ2) is 6.60. The zero-order valence-electron chi connectivity index (χ0n) is 13.1. The lowest BCUT2D eigenvalue weighted by Crippen LogP contribution is -2.48. The van der Waals surface area contributed by atoms with Crippen LogP contribution in [0.15, 0.2) is 0 Å². The minimum absolute atomic E-state index is 0.333. The Morgan fingerprint density at radius 1 is 1.29 bits per heavy atom. The molecule has 1 atom stereocenters. The lowest BCUT2D eigenvalue weighted by Gasteiger charge is -2.35. The molecule has 1 aliphatic heterocycles. The van der Waals surface area contributed by atoms with Crippen molar-refractivity contribution in [1.29, 1.82) is 0 Å². The minimum atomic E-state index is -0.333. The number of aryl methyl sites for hydroxylation is 1. The molecule has 0 radical (unpaired) electrons. The Bertz CT molecular complexity index is 468. The maximum atomic E-state index is 10.0. The van der Waals surface area contributed by atoms with E-state index in [4.69, 9.17) is 4.98 Å². The van der Waals surface area contributed by atoms with Gasteiger partial charge in [-0.2, -0.15) is 0 Å². The lowest BCUT2D eigenvalue weighted by molar-refractivity contribution is 0.153. The topological polar surface area (TPSA) is 42.8 Å². The molecule has 1 aromatic rings. The van der Waals surface area contributed by atoms with Crippen LogP contribution in [0.3, 0.4) is 0 Å². The van der Waals surface area contributed by atoms with Crippen LogP contribution in [0.2, 0.25) is 0 Å². The molecule has 0 saturated carbocycles. The summed E-state index contributed by atoms with van der Waals surface area (Å²) in [5.41, 5.74) is 0.955. The van der Waals surface area contributed by atoms with Gasteiger partial charge in [0.15, 0.2) is 5.13 Å². The molecule has 118 valence electrons. The van der Waals surface area contributed by atoms with E-state index in [0.717, 1.165) is 69.4 Å². The van der Waals surface area contributed by atoms with Gasteiger partial charge in [-0.3, -0.25) is 4.90 Å². The average molecular weight is 310 g/mol. The number of aliphatic hydroxyl groups excluding tert-OH is 1. The Morgan fingerprint density at radius 3 is 2.71 bits per heavy atom. The van der Waals surface area contributed by atoms with Gasteiger partial charge >= 0.3 is 0 Å². The van der Waals surface area contributed by atoms with E-state index in [9.17, 15) is 5.11 Å². The van der Waals surface area contributed by atoms with E-state index < -0.39 is 0 Å². The number of thiazole rings is 1. The van der Waals surface area contributed by atoms with E-state index in [1.54, 1.807) is 11.3 Å². The van der Waals surface area contributed by atoms with E-state index >= 15 is 0 Å². The predicted molar refractivity (Wildman–Crippen MR) is 87.2 cm³/mol. The Hall–Kier alpha value is -0.690. The highest BCUT2D eigenvalue weighted by Gasteiger charge is 2.26. The smallest absolute Gasteiger partial charge is 0.185 e. The van der Waals surface area contributed by atoms with E-state index in [2.05, 4.69) is 28.8 Å². The van der Waals surface area contributed by atoms with Gasteiger partial charge in [0.25, 0.3) is 0 Å². The summed E-state index contributed by atoms with van der Waals surface area (Å²) >= 11 is 1.79. The van der Waals surface area contributed by atoms with Gasteiger partial charge in [0.05, 0.1) is 11.8 Å².